The van der Waals surface area contributed by atoms with Crippen molar-refractivity contribution in [3.05, 3.63) is 59.7 Å². The minimum atomic E-state index is -3.57. The minimum Gasteiger partial charge on any atom is -0.494 e. The maximum Gasteiger partial charge on any atom is 0.243 e. The standard InChI is InChI=1S/C29H43N3O5S/c1-8-26(28(34)30-29(4,5)6)31(21-23-14-11-10-13-22(23)3)27(33)15-12-20-32(38(7,35)36)24-16-18-25(19-17-24)37-9-2/h10-11,13-14,16-19,26H,8-9,12,15,20-21H2,1-7H3,(H,30,34)/t26-/m0/s1. The fraction of sp³-hybridized carbons (Fsp3) is 0.517. The third kappa shape index (κ3) is 9.35. The predicted octanol–water partition coefficient (Wildman–Crippen LogP) is 4.66. The fourth-order valence-electron chi connectivity index (χ4n) is 4.22. The number of sulfonamides is 1. The van der Waals surface area contributed by atoms with Gasteiger partial charge in [-0.2, -0.15) is 0 Å². The highest BCUT2D eigenvalue weighted by atomic mass is 32.2. The summed E-state index contributed by atoms with van der Waals surface area (Å²) in [4.78, 5) is 28.4. The van der Waals surface area contributed by atoms with Gasteiger partial charge in [0.05, 0.1) is 18.6 Å². The third-order valence-corrected chi connectivity index (χ3v) is 7.27. The molecular weight excluding hydrogens is 502 g/mol. The first kappa shape index (κ1) is 31.1. The Morgan fingerprint density at radius 1 is 1.03 bits per heavy atom. The SMILES string of the molecule is CCOc1ccc(N(CCCC(=O)N(Cc2ccccc2C)[C@@H](CC)C(=O)NC(C)(C)C)S(C)(=O)=O)cc1. The van der Waals surface area contributed by atoms with Crippen LogP contribution in [0.2, 0.25) is 0 Å². The van der Waals surface area contributed by atoms with E-state index in [0.717, 1.165) is 17.4 Å². The molecule has 2 aromatic carbocycles. The number of carbonyl (C=O) groups excluding carboxylic acids is 2. The van der Waals surface area contributed by atoms with Crippen LogP contribution in [-0.2, 0) is 26.2 Å². The van der Waals surface area contributed by atoms with Gasteiger partial charge < -0.3 is 15.0 Å². The summed E-state index contributed by atoms with van der Waals surface area (Å²) in [6.07, 6.45) is 2.02. The molecule has 0 aliphatic carbocycles. The van der Waals surface area contributed by atoms with Gasteiger partial charge in [-0.1, -0.05) is 31.2 Å². The normalized spacial score (nSPS) is 12.5. The number of benzene rings is 2. The van der Waals surface area contributed by atoms with Crippen LogP contribution in [0.4, 0.5) is 5.69 Å². The topological polar surface area (TPSA) is 96.0 Å². The molecule has 1 atom stereocenters. The Balaban J connectivity index is 2.23. The first-order valence-electron chi connectivity index (χ1n) is 13.1. The zero-order valence-electron chi connectivity index (χ0n) is 23.8. The third-order valence-electron chi connectivity index (χ3n) is 6.07. The molecule has 0 aliphatic rings. The first-order valence-corrected chi connectivity index (χ1v) is 15.0. The number of nitrogens with zero attached hydrogens (tertiary/aromatic N) is 2. The van der Waals surface area contributed by atoms with Crippen molar-refractivity contribution in [3.63, 3.8) is 0 Å². The van der Waals surface area contributed by atoms with Gasteiger partial charge >= 0.3 is 0 Å². The first-order chi connectivity index (χ1) is 17.8. The molecule has 210 valence electrons. The number of ether oxygens (including phenoxy) is 1. The molecule has 2 rings (SSSR count). The highest BCUT2D eigenvalue weighted by Gasteiger charge is 2.31. The lowest BCUT2D eigenvalue weighted by atomic mass is 10.0. The molecule has 0 spiro atoms. The lowest BCUT2D eigenvalue weighted by Crippen LogP contribution is -2.53. The van der Waals surface area contributed by atoms with Crippen molar-refractivity contribution in [2.75, 3.05) is 23.7 Å². The summed E-state index contributed by atoms with van der Waals surface area (Å²) in [5.74, 6) is 0.268. The van der Waals surface area contributed by atoms with E-state index in [4.69, 9.17) is 4.74 Å². The van der Waals surface area contributed by atoms with E-state index in [2.05, 4.69) is 5.32 Å². The number of anilines is 1. The van der Waals surface area contributed by atoms with Gasteiger partial charge in [-0.3, -0.25) is 13.9 Å². The molecule has 9 heteroatoms. The molecule has 2 amide bonds. The van der Waals surface area contributed by atoms with Crippen molar-refractivity contribution in [2.24, 2.45) is 0 Å². The zero-order valence-corrected chi connectivity index (χ0v) is 24.6. The van der Waals surface area contributed by atoms with Crippen LogP contribution < -0.4 is 14.4 Å². The van der Waals surface area contributed by atoms with Gasteiger partial charge in [-0.15, -0.1) is 0 Å². The summed E-state index contributed by atoms with van der Waals surface area (Å²) in [5.41, 5.74) is 2.08. The highest BCUT2D eigenvalue weighted by molar-refractivity contribution is 7.92. The molecule has 0 bridgehead atoms. The van der Waals surface area contributed by atoms with Crippen molar-refractivity contribution >= 4 is 27.5 Å². The summed E-state index contributed by atoms with van der Waals surface area (Å²) in [6, 6.07) is 14.0. The number of aryl methyl sites for hydroxylation is 1. The smallest absolute Gasteiger partial charge is 0.243 e. The average molecular weight is 546 g/mol. The van der Waals surface area contributed by atoms with Crippen LogP contribution >= 0.6 is 0 Å². The van der Waals surface area contributed by atoms with E-state index in [1.807, 2.05) is 65.8 Å². The molecule has 0 radical (unpaired) electrons. The monoisotopic (exact) mass is 545 g/mol. The van der Waals surface area contributed by atoms with E-state index in [9.17, 15) is 18.0 Å². The Morgan fingerprint density at radius 2 is 1.66 bits per heavy atom. The number of nitrogens with one attached hydrogen (secondary N) is 1. The highest BCUT2D eigenvalue weighted by Crippen LogP contribution is 2.23. The van der Waals surface area contributed by atoms with Crippen molar-refractivity contribution in [1.29, 1.82) is 0 Å². The van der Waals surface area contributed by atoms with E-state index in [1.165, 1.54) is 4.31 Å². The Morgan fingerprint density at radius 3 is 2.18 bits per heavy atom. The second kappa shape index (κ2) is 13.6. The van der Waals surface area contributed by atoms with Crippen LogP contribution in [0.1, 0.15) is 65.0 Å². The van der Waals surface area contributed by atoms with Gasteiger partial charge in [0.1, 0.15) is 11.8 Å². The molecule has 0 saturated heterocycles. The quantitative estimate of drug-likeness (QED) is 0.395. The van der Waals surface area contributed by atoms with Crippen molar-refractivity contribution in [2.45, 2.75) is 78.9 Å². The van der Waals surface area contributed by atoms with Gasteiger partial charge in [-0.25, -0.2) is 8.42 Å². The average Bonchev–Trinajstić information content (AvgIpc) is 2.82. The maximum absolute atomic E-state index is 13.6. The molecule has 0 saturated carbocycles. The van der Waals surface area contributed by atoms with Crippen molar-refractivity contribution < 1.29 is 22.7 Å². The molecule has 2 aromatic rings. The van der Waals surface area contributed by atoms with Crippen LogP contribution in [-0.4, -0.2) is 56.1 Å². The molecule has 8 nitrogen and oxygen atoms in total. The number of rotatable bonds is 13. The zero-order chi connectivity index (χ0) is 28.5. The minimum absolute atomic E-state index is 0.105. The Labute approximate surface area is 228 Å². The van der Waals surface area contributed by atoms with Crippen molar-refractivity contribution in [3.8, 4) is 5.75 Å². The van der Waals surface area contributed by atoms with E-state index in [-0.39, 0.29) is 24.8 Å². The van der Waals surface area contributed by atoms with Gasteiger partial charge in [0.15, 0.2) is 0 Å². The second-order valence-corrected chi connectivity index (χ2v) is 12.4. The number of carbonyl (C=O) groups is 2. The van der Waals surface area contributed by atoms with Crippen LogP contribution in [0, 0.1) is 6.92 Å². The van der Waals surface area contributed by atoms with Gasteiger partial charge in [-0.05, 0) is 82.9 Å². The molecule has 0 aromatic heterocycles. The van der Waals surface area contributed by atoms with Crippen LogP contribution in [0.5, 0.6) is 5.75 Å². The number of hydrogen-bond donors (Lipinski definition) is 1. The number of hydrogen-bond acceptors (Lipinski definition) is 5. The summed E-state index contributed by atoms with van der Waals surface area (Å²) < 4.78 is 31.9. The summed E-state index contributed by atoms with van der Waals surface area (Å²) in [7, 11) is -3.57. The lowest BCUT2D eigenvalue weighted by molar-refractivity contribution is -0.142. The van der Waals surface area contributed by atoms with E-state index < -0.39 is 21.6 Å². The van der Waals surface area contributed by atoms with Gasteiger partial charge in [0.25, 0.3) is 0 Å². The largest absolute Gasteiger partial charge is 0.494 e. The van der Waals surface area contributed by atoms with E-state index in [0.29, 0.717) is 37.4 Å². The van der Waals surface area contributed by atoms with E-state index >= 15 is 0 Å². The summed E-state index contributed by atoms with van der Waals surface area (Å²) in [6.45, 7) is 12.4. The maximum atomic E-state index is 13.6. The van der Waals surface area contributed by atoms with Crippen LogP contribution in [0.15, 0.2) is 48.5 Å². The molecule has 0 unspecified atom stereocenters. The summed E-state index contributed by atoms with van der Waals surface area (Å²) >= 11 is 0. The Hall–Kier alpha value is -3.07. The predicted molar refractivity (Wildman–Crippen MR) is 153 cm³/mol. The van der Waals surface area contributed by atoms with E-state index in [1.54, 1.807) is 29.2 Å². The molecular formula is C29H43N3O5S. The van der Waals surface area contributed by atoms with Crippen LogP contribution in [0.25, 0.3) is 0 Å². The molecule has 1 N–H and O–H groups in total. The Kier molecular flexibility index (Phi) is 11.2. The van der Waals surface area contributed by atoms with Crippen LogP contribution in [0.3, 0.4) is 0 Å². The molecule has 0 heterocycles. The van der Waals surface area contributed by atoms with Gasteiger partial charge in [0, 0.05) is 25.0 Å². The fourth-order valence-corrected chi connectivity index (χ4v) is 5.19. The lowest BCUT2D eigenvalue weighted by Gasteiger charge is -2.33. The van der Waals surface area contributed by atoms with Crippen molar-refractivity contribution in [1.82, 2.24) is 10.2 Å². The Bertz CT molecular complexity index is 1170. The molecule has 0 aliphatic heterocycles. The molecule has 0 fully saturated rings. The number of amides is 2. The van der Waals surface area contributed by atoms with Gasteiger partial charge in [0.2, 0.25) is 21.8 Å². The second-order valence-electron chi connectivity index (χ2n) is 10.5. The summed E-state index contributed by atoms with van der Waals surface area (Å²) in [5, 5.41) is 3.00. The molecule has 38 heavy (non-hydrogen) atoms.